The van der Waals surface area contributed by atoms with Crippen LogP contribution >= 0.6 is 0 Å². The second-order valence-electron chi connectivity index (χ2n) is 3.02. The van der Waals surface area contributed by atoms with Gasteiger partial charge in [-0.2, -0.15) is 13.2 Å². The zero-order valence-electron chi connectivity index (χ0n) is 8.28. The average molecular weight is 248 g/mol. The minimum absolute atomic E-state index is 0.0301. The van der Waals surface area contributed by atoms with Crippen LogP contribution in [-0.2, 0) is 11.3 Å². The lowest BCUT2D eigenvalue weighted by Crippen LogP contribution is -2.36. The molecule has 0 aromatic carbocycles. The lowest BCUT2D eigenvalue weighted by atomic mass is 10.2. The van der Waals surface area contributed by atoms with Crippen LogP contribution in [0.5, 0.6) is 0 Å². The van der Waals surface area contributed by atoms with Crippen molar-refractivity contribution in [3.8, 4) is 0 Å². The first-order valence-corrected chi connectivity index (χ1v) is 4.34. The number of hydrogen-bond acceptors (Lipinski definition) is 3. The van der Waals surface area contributed by atoms with Crippen molar-refractivity contribution < 1.29 is 27.9 Å². The number of pyridine rings is 1. The summed E-state index contributed by atoms with van der Waals surface area (Å²) in [7, 11) is 0. The average Bonchev–Trinajstić information content (AvgIpc) is 2.25. The number of carbonyl (C=O) groups excluding carboxylic acids is 1. The van der Waals surface area contributed by atoms with Gasteiger partial charge in [0.05, 0.1) is 17.8 Å². The van der Waals surface area contributed by atoms with E-state index in [0.717, 1.165) is 12.3 Å². The molecule has 8 heteroatoms. The summed E-state index contributed by atoms with van der Waals surface area (Å²) in [5.74, 6) is -3.32. The van der Waals surface area contributed by atoms with Crippen LogP contribution in [0.25, 0.3) is 0 Å². The highest BCUT2D eigenvalue weighted by molar-refractivity contribution is 5.87. The number of hydrogen-bond donors (Lipinski definition) is 2. The van der Waals surface area contributed by atoms with Crippen LogP contribution in [0.1, 0.15) is 16.1 Å². The number of amides is 1. The Morgan fingerprint density at radius 1 is 1.41 bits per heavy atom. The number of rotatable bonds is 3. The van der Waals surface area contributed by atoms with E-state index in [2.05, 4.69) is 4.98 Å². The molecule has 1 rings (SSSR count). The molecule has 0 saturated carbocycles. The maximum absolute atomic E-state index is 11.8. The predicted molar refractivity (Wildman–Crippen MR) is 49.1 cm³/mol. The van der Waals surface area contributed by atoms with Crippen molar-refractivity contribution in [2.45, 2.75) is 12.7 Å². The van der Waals surface area contributed by atoms with Crippen LogP contribution in [0.15, 0.2) is 18.3 Å². The molecule has 17 heavy (non-hydrogen) atoms. The third kappa shape index (κ3) is 3.74. The maximum Gasteiger partial charge on any atom is 0.471 e. The highest BCUT2D eigenvalue weighted by atomic mass is 19.4. The molecule has 1 aromatic rings. The molecule has 0 bridgehead atoms. The van der Waals surface area contributed by atoms with E-state index in [9.17, 15) is 22.8 Å². The van der Waals surface area contributed by atoms with Gasteiger partial charge in [0.1, 0.15) is 0 Å². The lowest BCUT2D eigenvalue weighted by Gasteiger charge is -2.07. The van der Waals surface area contributed by atoms with E-state index < -0.39 is 24.6 Å². The van der Waals surface area contributed by atoms with Crippen molar-refractivity contribution in [2.75, 3.05) is 0 Å². The fourth-order valence-electron chi connectivity index (χ4n) is 0.979. The van der Waals surface area contributed by atoms with Crippen molar-refractivity contribution in [3.63, 3.8) is 0 Å². The van der Waals surface area contributed by atoms with Crippen molar-refractivity contribution in [1.82, 2.24) is 10.3 Å². The molecule has 1 aromatic heterocycles. The van der Waals surface area contributed by atoms with Crippen LogP contribution in [-0.4, -0.2) is 28.1 Å². The fraction of sp³-hybridized carbons (Fsp3) is 0.222. The number of halogens is 3. The predicted octanol–water partition coefficient (Wildman–Crippen LogP) is 0.958. The van der Waals surface area contributed by atoms with Gasteiger partial charge in [-0.1, -0.05) is 0 Å². The van der Waals surface area contributed by atoms with Crippen molar-refractivity contribution in [3.05, 3.63) is 29.6 Å². The number of aromatic nitrogens is 1. The van der Waals surface area contributed by atoms with E-state index in [1.54, 1.807) is 5.32 Å². The third-order valence-electron chi connectivity index (χ3n) is 1.75. The SMILES string of the molecule is O=C(O)c1ccnc(CNC(=O)C(F)(F)F)c1. The Morgan fingerprint density at radius 3 is 2.59 bits per heavy atom. The zero-order chi connectivity index (χ0) is 13.1. The number of carboxylic acids is 1. The van der Waals surface area contributed by atoms with E-state index in [1.807, 2.05) is 0 Å². The normalized spacial score (nSPS) is 11.0. The van der Waals surface area contributed by atoms with Crippen LogP contribution < -0.4 is 5.32 Å². The molecule has 0 saturated heterocycles. The summed E-state index contributed by atoms with van der Waals surface area (Å²) in [6.45, 7) is -0.487. The molecule has 92 valence electrons. The third-order valence-corrected chi connectivity index (χ3v) is 1.75. The van der Waals surface area contributed by atoms with Gasteiger partial charge in [-0.3, -0.25) is 9.78 Å². The Balaban J connectivity index is 2.67. The van der Waals surface area contributed by atoms with Gasteiger partial charge >= 0.3 is 18.1 Å². The van der Waals surface area contributed by atoms with Gasteiger partial charge in [-0.25, -0.2) is 4.79 Å². The monoisotopic (exact) mass is 248 g/mol. The summed E-state index contributed by atoms with van der Waals surface area (Å²) in [5.41, 5.74) is -0.0845. The van der Waals surface area contributed by atoms with E-state index in [0.29, 0.717) is 0 Å². The number of nitrogens with one attached hydrogen (secondary N) is 1. The van der Waals surface area contributed by atoms with Crippen LogP contribution in [0.3, 0.4) is 0 Å². The van der Waals surface area contributed by atoms with E-state index >= 15 is 0 Å². The zero-order valence-corrected chi connectivity index (χ0v) is 8.28. The molecule has 0 radical (unpaired) electrons. The smallest absolute Gasteiger partial charge is 0.471 e. The number of nitrogens with zero attached hydrogens (tertiary/aromatic N) is 1. The molecule has 0 fully saturated rings. The summed E-state index contributed by atoms with van der Waals surface area (Å²) in [4.78, 5) is 24.7. The first-order chi connectivity index (χ1) is 7.80. The largest absolute Gasteiger partial charge is 0.478 e. The van der Waals surface area contributed by atoms with Gasteiger partial charge in [0.25, 0.3) is 0 Å². The number of carbonyl (C=O) groups is 2. The quantitative estimate of drug-likeness (QED) is 0.834. The molecule has 0 aliphatic rings. The first-order valence-electron chi connectivity index (χ1n) is 4.34. The topological polar surface area (TPSA) is 79.3 Å². The standard InChI is InChI=1S/C9H7F3N2O3/c10-9(11,12)8(17)14-4-6-3-5(7(15)16)1-2-13-6/h1-3H,4H2,(H,14,17)(H,15,16). The van der Waals surface area contributed by atoms with Gasteiger partial charge in [-0.05, 0) is 12.1 Å². The maximum atomic E-state index is 11.8. The molecule has 1 amide bonds. The van der Waals surface area contributed by atoms with Gasteiger partial charge in [-0.15, -0.1) is 0 Å². The Labute approximate surface area is 93.3 Å². The first kappa shape index (κ1) is 12.9. The number of alkyl halides is 3. The van der Waals surface area contributed by atoms with Gasteiger partial charge in [0.2, 0.25) is 0 Å². The lowest BCUT2D eigenvalue weighted by molar-refractivity contribution is -0.173. The summed E-state index contributed by atoms with van der Waals surface area (Å²) in [6.07, 6.45) is -3.83. The Morgan fingerprint density at radius 2 is 2.06 bits per heavy atom. The molecule has 0 aliphatic carbocycles. The molecule has 1 heterocycles. The second kappa shape index (κ2) is 4.81. The van der Waals surface area contributed by atoms with E-state index in [-0.39, 0.29) is 11.3 Å². The molecule has 0 spiro atoms. The van der Waals surface area contributed by atoms with Crippen molar-refractivity contribution in [1.29, 1.82) is 0 Å². The molecule has 2 N–H and O–H groups in total. The Hall–Kier alpha value is -2.12. The Kier molecular flexibility index (Phi) is 3.66. The molecular weight excluding hydrogens is 241 g/mol. The number of aromatic carboxylic acids is 1. The van der Waals surface area contributed by atoms with Gasteiger partial charge in [0.15, 0.2) is 0 Å². The molecule has 0 unspecified atom stereocenters. The van der Waals surface area contributed by atoms with Crippen LogP contribution in [0.4, 0.5) is 13.2 Å². The number of carboxylic acid groups (broad SMARTS) is 1. The van der Waals surface area contributed by atoms with Gasteiger partial charge < -0.3 is 10.4 Å². The summed E-state index contributed by atoms with van der Waals surface area (Å²) >= 11 is 0. The molecule has 0 aliphatic heterocycles. The summed E-state index contributed by atoms with van der Waals surface area (Å²) in [5, 5.41) is 10.2. The van der Waals surface area contributed by atoms with Crippen LogP contribution in [0.2, 0.25) is 0 Å². The molecular formula is C9H7F3N2O3. The molecule has 0 atom stereocenters. The minimum Gasteiger partial charge on any atom is -0.478 e. The Bertz CT molecular complexity index is 445. The minimum atomic E-state index is -4.97. The summed E-state index contributed by atoms with van der Waals surface area (Å²) in [6, 6.07) is 2.27. The highest BCUT2D eigenvalue weighted by Gasteiger charge is 2.38. The van der Waals surface area contributed by atoms with Crippen molar-refractivity contribution in [2.24, 2.45) is 0 Å². The van der Waals surface area contributed by atoms with Crippen molar-refractivity contribution >= 4 is 11.9 Å². The van der Waals surface area contributed by atoms with E-state index in [1.165, 1.54) is 6.07 Å². The molecule has 5 nitrogen and oxygen atoms in total. The van der Waals surface area contributed by atoms with Crippen LogP contribution in [0, 0.1) is 0 Å². The second-order valence-corrected chi connectivity index (χ2v) is 3.02. The fourth-order valence-corrected chi connectivity index (χ4v) is 0.979. The van der Waals surface area contributed by atoms with Gasteiger partial charge in [0, 0.05) is 6.20 Å². The highest BCUT2D eigenvalue weighted by Crippen LogP contribution is 2.14. The van der Waals surface area contributed by atoms with E-state index in [4.69, 9.17) is 5.11 Å². The summed E-state index contributed by atoms with van der Waals surface area (Å²) < 4.78 is 35.5.